The molecule has 0 atom stereocenters. The van der Waals surface area contributed by atoms with Gasteiger partial charge in [0.2, 0.25) is 0 Å². The van der Waals surface area contributed by atoms with Crippen molar-refractivity contribution < 1.29 is 4.79 Å². The molecule has 1 aromatic carbocycles. The monoisotopic (exact) mass is 283 g/mol. The molecule has 110 valence electrons. The summed E-state index contributed by atoms with van der Waals surface area (Å²) in [5.74, 6) is -0.146. The molecule has 2 N–H and O–H groups in total. The molecule has 0 saturated heterocycles. The zero-order valence-electron chi connectivity index (χ0n) is 12.9. The van der Waals surface area contributed by atoms with Crippen LogP contribution in [0.25, 0.3) is 0 Å². The van der Waals surface area contributed by atoms with E-state index < -0.39 is 0 Å². The van der Waals surface area contributed by atoms with Crippen molar-refractivity contribution in [2.75, 3.05) is 10.6 Å². The Bertz CT molecular complexity index is 630. The number of pyridine rings is 1. The van der Waals surface area contributed by atoms with Crippen LogP contribution < -0.4 is 10.6 Å². The number of para-hydroxylation sites is 1. The third kappa shape index (κ3) is 3.81. The quantitative estimate of drug-likeness (QED) is 0.898. The van der Waals surface area contributed by atoms with Gasteiger partial charge in [0.05, 0.1) is 11.3 Å². The van der Waals surface area contributed by atoms with E-state index in [1.54, 1.807) is 12.4 Å². The van der Waals surface area contributed by atoms with Crippen LogP contribution in [0, 0.1) is 13.8 Å². The average molecular weight is 283 g/mol. The van der Waals surface area contributed by atoms with Gasteiger partial charge in [-0.15, -0.1) is 0 Å². The first-order valence-electron chi connectivity index (χ1n) is 7.06. The average Bonchev–Trinajstić information content (AvgIpc) is 2.42. The molecular formula is C17H21N3O. The number of anilines is 2. The predicted octanol–water partition coefficient (Wildman–Crippen LogP) is 3.77. The van der Waals surface area contributed by atoms with Crippen molar-refractivity contribution in [3.05, 3.63) is 53.3 Å². The SMILES string of the molecule is Cc1cccc(C)c1NC(=O)c1cncc(NC(C)C)c1. The van der Waals surface area contributed by atoms with Crippen molar-refractivity contribution >= 4 is 17.3 Å². The van der Waals surface area contributed by atoms with Crippen LogP contribution in [-0.4, -0.2) is 16.9 Å². The Labute approximate surface area is 125 Å². The summed E-state index contributed by atoms with van der Waals surface area (Å²) in [5, 5.41) is 6.21. The fourth-order valence-corrected chi connectivity index (χ4v) is 2.17. The molecule has 0 aliphatic carbocycles. The van der Waals surface area contributed by atoms with Crippen molar-refractivity contribution in [1.29, 1.82) is 0 Å². The number of benzene rings is 1. The Kier molecular flexibility index (Phi) is 4.58. The number of carbonyl (C=O) groups excluding carboxylic acids is 1. The Morgan fingerprint density at radius 1 is 1.14 bits per heavy atom. The third-order valence-corrected chi connectivity index (χ3v) is 3.18. The number of rotatable bonds is 4. The Hall–Kier alpha value is -2.36. The smallest absolute Gasteiger partial charge is 0.257 e. The van der Waals surface area contributed by atoms with Crippen LogP contribution in [0.2, 0.25) is 0 Å². The largest absolute Gasteiger partial charge is 0.382 e. The highest BCUT2D eigenvalue weighted by molar-refractivity contribution is 6.05. The fourth-order valence-electron chi connectivity index (χ4n) is 2.17. The normalized spacial score (nSPS) is 10.5. The van der Waals surface area contributed by atoms with Crippen molar-refractivity contribution in [3.8, 4) is 0 Å². The number of hydrogen-bond acceptors (Lipinski definition) is 3. The number of aryl methyl sites for hydroxylation is 2. The van der Waals surface area contributed by atoms with Gasteiger partial charge in [-0.25, -0.2) is 0 Å². The van der Waals surface area contributed by atoms with Gasteiger partial charge in [0.25, 0.3) is 5.91 Å². The molecule has 1 amide bonds. The van der Waals surface area contributed by atoms with E-state index in [9.17, 15) is 4.79 Å². The number of aromatic nitrogens is 1. The molecule has 2 rings (SSSR count). The van der Waals surface area contributed by atoms with Gasteiger partial charge in [0, 0.05) is 24.1 Å². The molecule has 0 aliphatic heterocycles. The lowest BCUT2D eigenvalue weighted by Crippen LogP contribution is -2.15. The summed E-state index contributed by atoms with van der Waals surface area (Å²) in [5.41, 5.74) is 4.35. The van der Waals surface area contributed by atoms with Crippen LogP contribution in [0.5, 0.6) is 0 Å². The van der Waals surface area contributed by atoms with Crippen LogP contribution in [0.15, 0.2) is 36.7 Å². The molecular weight excluding hydrogens is 262 g/mol. The first-order chi connectivity index (χ1) is 9.97. The van der Waals surface area contributed by atoms with E-state index in [-0.39, 0.29) is 5.91 Å². The van der Waals surface area contributed by atoms with Gasteiger partial charge in [-0.05, 0) is 44.9 Å². The predicted molar refractivity (Wildman–Crippen MR) is 86.9 cm³/mol. The highest BCUT2D eigenvalue weighted by Gasteiger charge is 2.10. The second-order valence-electron chi connectivity index (χ2n) is 5.48. The van der Waals surface area contributed by atoms with Crippen LogP contribution >= 0.6 is 0 Å². The van der Waals surface area contributed by atoms with Gasteiger partial charge in [0.1, 0.15) is 0 Å². The Morgan fingerprint density at radius 2 is 1.81 bits per heavy atom. The summed E-state index contributed by atoms with van der Waals surface area (Å²) in [6.45, 7) is 8.06. The van der Waals surface area contributed by atoms with E-state index in [4.69, 9.17) is 0 Å². The van der Waals surface area contributed by atoms with E-state index >= 15 is 0 Å². The zero-order chi connectivity index (χ0) is 15.4. The topological polar surface area (TPSA) is 54.0 Å². The van der Waals surface area contributed by atoms with Crippen LogP contribution in [0.1, 0.15) is 35.3 Å². The first-order valence-corrected chi connectivity index (χ1v) is 7.06. The van der Waals surface area contributed by atoms with E-state index in [2.05, 4.69) is 15.6 Å². The molecule has 2 aromatic rings. The van der Waals surface area contributed by atoms with Crippen molar-refractivity contribution in [2.45, 2.75) is 33.7 Å². The maximum Gasteiger partial charge on any atom is 0.257 e. The molecule has 0 bridgehead atoms. The number of hydrogen-bond donors (Lipinski definition) is 2. The summed E-state index contributed by atoms with van der Waals surface area (Å²) in [4.78, 5) is 16.5. The minimum Gasteiger partial charge on any atom is -0.382 e. The Morgan fingerprint density at radius 3 is 2.43 bits per heavy atom. The lowest BCUT2D eigenvalue weighted by molar-refractivity contribution is 0.102. The Balaban J connectivity index is 2.21. The lowest BCUT2D eigenvalue weighted by Gasteiger charge is -2.13. The molecule has 0 spiro atoms. The van der Waals surface area contributed by atoms with Gasteiger partial charge in [-0.1, -0.05) is 18.2 Å². The molecule has 0 fully saturated rings. The number of nitrogens with zero attached hydrogens (tertiary/aromatic N) is 1. The fraction of sp³-hybridized carbons (Fsp3) is 0.294. The zero-order valence-corrected chi connectivity index (χ0v) is 12.9. The van der Waals surface area contributed by atoms with Gasteiger partial charge in [-0.2, -0.15) is 0 Å². The number of nitrogens with one attached hydrogen (secondary N) is 2. The second kappa shape index (κ2) is 6.39. The van der Waals surface area contributed by atoms with Crippen LogP contribution in [0.3, 0.4) is 0 Å². The van der Waals surface area contributed by atoms with E-state index in [1.807, 2.05) is 52.0 Å². The van der Waals surface area contributed by atoms with E-state index in [0.29, 0.717) is 11.6 Å². The molecule has 1 aromatic heterocycles. The number of amides is 1. The molecule has 0 aliphatic rings. The highest BCUT2D eigenvalue weighted by atomic mass is 16.1. The molecule has 0 unspecified atom stereocenters. The summed E-state index contributed by atoms with van der Waals surface area (Å²) in [7, 11) is 0. The molecule has 0 saturated carbocycles. The van der Waals surface area contributed by atoms with E-state index in [0.717, 1.165) is 22.5 Å². The maximum atomic E-state index is 12.4. The molecule has 1 heterocycles. The van der Waals surface area contributed by atoms with Gasteiger partial charge < -0.3 is 10.6 Å². The van der Waals surface area contributed by atoms with Crippen molar-refractivity contribution in [3.63, 3.8) is 0 Å². The molecule has 4 nitrogen and oxygen atoms in total. The summed E-state index contributed by atoms with van der Waals surface area (Å²) < 4.78 is 0. The van der Waals surface area contributed by atoms with Gasteiger partial charge in [-0.3, -0.25) is 9.78 Å². The molecule has 21 heavy (non-hydrogen) atoms. The van der Waals surface area contributed by atoms with Crippen LogP contribution in [-0.2, 0) is 0 Å². The van der Waals surface area contributed by atoms with Crippen molar-refractivity contribution in [1.82, 2.24) is 4.98 Å². The van der Waals surface area contributed by atoms with Gasteiger partial charge >= 0.3 is 0 Å². The molecule has 4 heteroatoms. The standard InChI is InChI=1S/C17H21N3O/c1-11(2)19-15-8-14(9-18-10-15)17(21)20-16-12(3)6-5-7-13(16)4/h5-11,19H,1-4H3,(H,20,21). The van der Waals surface area contributed by atoms with Crippen molar-refractivity contribution in [2.24, 2.45) is 0 Å². The first kappa shape index (κ1) is 15.0. The third-order valence-electron chi connectivity index (χ3n) is 3.18. The molecule has 0 radical (unpaired) electrons. The lowest BCUT2D eigenvalue weighted by atomic mass is 10.1. The summed E-state index contributed by atoms with van der Waals surface area (Å²) in [6.07, 6.45) is 3.30. The van der Waals surface area contributed by atoms with Gasteiger partial charge in [0.15, 0.2) is 0 Å². The highest BCUT2D eigenvalue weighted by Crippen LogP contribution is 2.20. The number of carbonyl (C=O) groups is 1. The summed E-state index contributed by atoms with van der Waals surface area (Å²) >= 11 is 0. The minimum atomic E-state index is -0.146. The van der Waals surface area contributed by atoms with E-state index in [1.165, 1.54) is 0 Å². The maximum absolute atomic E-state index is 12.4. The van der Waals surface area contributed by atoms with Crippen LogP contribution in [0.4, 0.5) is 11.4 Å². The second-order valence-corrected chi connectivity index (χ2v) is 5.48. The summed E-state index contributed by atoms with van der Waals surface area (Å²) in [6, 6.07) is 8.06. The minimum absolute atomic E-state index is 0.146.